The molecule has 5 nitrogen and oxygen atoms in total. The van der Waals surface area contributed by atoms with Crippen LogP contribution in [0.3, 0.4) is 0 Å². The van der Waals surface area contributed by atoms with E-state index in [0.29, 0.717) is 0 Å². The normalized spacial score (nSPS) is 11.5. The second-order valence-electron chi connectivity index (χ2n) is 5.76. The monoisotopic (exact) mass is 303 g/mol. The van der Waals surface area contributed by atoms with Gasteiger partial charge in [-0.25, -0.2) is 19.9 Å². The van der Waals surface area contributed by atoms with Crippen LogP contribution < -0.4 is 5.32 Å². The van der Waals surface area contributed by atoms with Crippen LogP contribution in [0.25, 0.3) is 0 Å². The summed E-state index contributed by atoms with van der Waals surface area (Å²) in [6.07, 6.45) is 3.29. The van der Waals surface area contributed by atoms with E-state index in [2.05, 4.69) is 48.0 Å². The smallest absolute Gasteiger partial charge is 0.137 e. The summed E-state index contributed by atoms with van der Waals surface area (Å²) in [5.74, 6) is 1.73. The highest BCUT2D eigenvalue weighted by Crippen LogP contribution is 2.32. The molecule has 1 N–H and O–H groups in total. The molecule has 0 radical (unpaired) electrons. The van der Waals surface area contributed by atoms with Crippen molar-refractivity contribution in [3.8, 4) is 0 Å². The molecule has 2 aromatic rings. The van der Waals surface area contributed by atoms with Crippen molar-refractivity contribution >= 4 is 17.6 Å². The van der Waals surface area contributed by atoms with Gasteiger partial charge < -0.3 is 5.32 Å². The summed E-state index contributed by atoms with van der Waals surface area (Å²) in [5, 5.41) is 5.14. The molecule has 0 saturated carbocycles. The average molecular weight is 303 g/mol. The van der Waals surface area contributed by atoms with E-state index in [1.807, 2.05) is 13.0 Å². The van der Waals surface area contributed by atoms with E-state index >= 15 is 0 Å². The number of aromatic nitrogens is 4. The van der Waals surface area contributed by atoms with Crippen molar-refractivity contribution in [2.75, 3.05) is 11.9 Å². The van der Waals surface area contributed by atoms with Crippen molar-refractivity contribution in [3.63, 3.8) is 0 Å². The molecule has 0 aliphatic heterocycles. The highest BCUT2D eigenvalue weighted by atomic mass is 32.2. The van der Waals surface area contributed by atoms with Crippen LogP contribution in [-0.2, 0) is 5.41 Å². The molecule has 2 heterocycles. The SMILES string of the molecule is CCNc1nc(C(C)(C)C)nc(Sc2ccncn2)c1C. The van der Waals surface area contributed by atoms with Crippen molar-refractivity contribution in [1.29, 1.82) is 0 Å². The van der Waals surface area contributed by atoms with E-state index in [-0.39, 0.29) is 5.41 Å². The molecule has 0 amide bonds. The zero-order valence-corrected chi connectivity index (χ0v) is 14.0. The van der Waals surface area contributed by atoms with Crippen molar-refractivity contribution in [2.24, 2.45) is 0 Å². The van der Waals surface area contributed by atoms with Gasteiger partial charge in [-0.1, -0.05) is 20.8 Å². The van der Waals surface area contributed by atoms with Crippen LogP contribution in [-0.4, -0.2) is 26.5 Å². The van der Waals surface area contributed by atoms with Gasteiger partial charge in [0, 0.05) is 23.7 Å². The molecule has 2 aromatic heterocycles. The lowest BCUT2D eigenvalue weighted by Crippen LogP contribution is -2.18. The van der Waals surface area contributed by atoms with Crippen LogP contribution in [0.4, 0.5) is 5.82 Å². The maximum Gasteiger partial charge on any atom is 0.137 e. The molecular weight excluding hydrogens is 282 g/mol. The van der Waals surface area contributed by atoms with Crippen molar-refractivity contribution < 1.29 is 0 Å². The standard InChI is InChI=1S/C15H21N5S/c1-6-17-12-10(2)13(20-14(19-12)15(3,4)5)21-11-7-8-16-9-18-11/h7-9H,6H2,1-5H3,(H,17,19,20). The molecule has 0 fully saturated rings. The second-order valence-corrected chi connectivity index (χ2v) is 6.77. The van der Waals surface area contributed by atoms with Crippen molar-refractivity contribution in [1.82, 2.24) is 19.9 Å². The van der Waals surface area contributed by atoms with Crippen LogP contribution in [0, 0.1) is 6.92 Å². The summed E-state index contributed by atoms with van der Waals surface area (Å²) in [4.78, 5) is 17.6. The van der Waals surface area contributed by atoms with E-state index in [9.17, 15) is 0 Å². The average Bonchev–Trinajstić information content (AvgIpc) is 2.43. The number of nitrogens with zero attached hydrogens (tertiary/aromatic N) is 4. The Morgan fingerprint density at radius 2 is 2.00 bits per heavy atom. The molecule has 6 heteroatoms. The molecule has 2 rings (SSSR count). The third-order valence-corrected chi connectivity index (χ3v) is 3.91. The third-order valence-electron chi connectivity index (χ3n) is 2.87. The Balaban J connectivity index is 2.45. The topological polar surface area (TPSA) is 63.6 Å². The van der Waals surface area contributed by atoms with Gasteiger partial charge in [0.25, 0.3) is 0 Å². The summed E-state index contributed by atoms with van der Waals surface area (Å²) < 4.78 is 0. The Morgan fingerprint density at radius 1 is 1.24 bits per heavy atom. The van der Waals surface area contributed by atoms with Gasteiger partial charge in [-0.05, 0) is 31.7 Å². The number of hydrogen-bond donors (Lipinski definition) is 1. The minimum absolute atomic E-state index is 0.0984. The van der Waals surface area contributed by atoms with Crippen LogP contribution in [0.15, 0.2) is 28.6 Å². The van der Waals surface area contributed by atoms with Crippen molar-refractivity contribution in [3.05, 3.63) is 30.0 Å². The van der Waals surface area contributed by atoms with E-state index in [1.54, 1.807) is 24.3 Å². The first-order valence-electron chi connectivity index (χ1n) is 6.98. The molecule has 21 heavy (non-hydrogen) atoms. The van der Waals surface area contributed by atoms with Gasteiger partial charge in [0.2, 0.25) is 0 Å². The molecular formula is C15H21N5S. The minimum Gasteiger partial charge on any atom is -0.370 e. The summed E-state index contributed by atoms with van der Waals surface area (Å²) in [5.41, 5.74) is 0.951. The van der Waals surface area contributed by atoms with Gasteiger partial charge in [0.05, 0.1) is 0 Å². The lowest BCUT2D eigenvalue weighted by atomic mass is 9.95. The molecule has 0 atom stereocenters. The predicted molar refractivity (Wildman–Crippen MR) is 85.8 cm³/mol. The minimum atomic E-state index is -0.0984. The Bertz CT molecular complexity index is 607. The lowest BCUT2D eigenvalue weighted by molar-refractivity contribution is 0.538. The van der Waals surface area contributed by atoms with Gasteiger partial charge in [-0.3, -0.25) is 0 Å². The van der Waals surface area contributed by atoms with E-state index in [1.165, 1.54) is 0 Å². The highest BCUT2D eigenvalue weighted by molar-refractivity contribution is 7.99. The Hall–Kier alpha value is -1.69. The quantitative estimate of drug-likeness (QED) is 0.873. The zero-order valence-electron chi connectivity index (χ0n) is 13.1. The fourth-order valence-electron chi connectivity index (χ4n) is 1.71. The number of rotatable bonds is 4. The predicted octanol–water partition coefficient (Wildman–Crippen LogP) is 3.46. The van der Waals surface area contributed by atoms with E-state index < -0.39 is 0 Å². The number of nitrogens with one attached hydrogen (secondary N) is 1. The van der Waals surface area contributed by atoms with Gasteiger partial charge >= 0.3 is 0 Å². The van der Waals surface area contributed by atoms with Gasteiger partial charge in [-0.2, -0.15) is 0 Å². The summed E-state index contributed by atoms with van der Waals surface area (Å²) in [7, 11) is 0. The first-order valence-corrected chi connectivity index (χ1v) is 7.80. The van der Waals surface area contributed by atoms with Crippen LogP contribution in [0.2, 0.25) is 0 Å². The third kappa shape index (κ3) is 3.91. The van der Waals surface area contributed by atoms with Crippen LogP contribution in [0.5, 0.6) is 0 Å². The Kier molecular flexibility index (Phi) is 4.77. The Labute approximate surface area is 130 Å². The first kappa shape index (κ1) is 15.7. The molecule has 0 saturated heterocycles. The second kappa shape index (κ2) is 6.39. The van der Waals surface area contributed by atoms with Gasteiger partial charge in [0.15, 0.2) is 0 Å². The molecule has 0 aliphatic carbocycles. The Morgan fingerprint density at radius 3 is 2.57 bits per heavy atom. The summed E-state index contributed by atoms with van der Waals surface area (Å²) in [6.45, 7) is 11.3. The molecule has 0 aromatic carbocycles. The highest BCUT2D eigenvalue weighted by Gasteiger charge is 2.21. The lowest BCUT2D eigenvalue weighted by Gasteiger charge is -2.20. The maximum atomic E-state index is 4.73. The first-order chi connectivity index (χ1) is 9.91. The molecule has 0 unspecified atom stereocenters. The van der Waals surface area contributed by atoms with E-state index in [0.717, 1.165) is 33.8 Å². The summed E-state index contributed by atoms with van der Waals surface area (Å²) in [6, 6.07) is 1.88. The zero-order chi connectivity index (χ0) is 15.5. The summed E-state index contributed by atoms with van der Waals surface area (Å²) >= 11 is 1.54. The van der Waals surface area contributed by atoms with Crippen molar-refractivity contribution in [2.45, 2.75) is 50.1 Å². The van der Waals surface area contributed by atoms with Crippen LogP contribution in [0.1, 0.15) is 39.1 Å². The number of anilines is 1. The van der Waals surface area contributed by atoms with Crippen LogP contribution >= 0.6 is 11.8 Å². The van der Waals surface area contributed by atoms with Gasteiger partial charge in [0.1, 0.15) is 28.0 Å². The fraction of sp³-hybridized carbons (Fsp3) is 0.467. The molecule has 112 valence electrons. The fourth-order valence-corrected chi connectivity index (χ4v) is 2.52. The van der Waals surface area contributed by atoms with E-state index in [4.69, 9.17) is 4.98 Å². The molecule has 0 spiro atoms. The molecule has 0 aliphatic rings. The maximum absolute atomic E-state index is 4.73. The largest absolute Gasteiger partial charge is 0.370 e. The molecule has 0 bridgehead atoms. The van der Waals surface area contributed by atoms with Gasteiger partial charge in [-0.15, -0.1) is 0 Å². The number of hydrogen-bond acceptors (Lipinski definition) is 6.